The number of carbonyl (C=O) groups is 1. The average molecular weight is 332 g/mol. The molecule has 1 atom stereocenters. The van der Waals surface area contributed by atoms with Crippen molar-refractivity contribution >= 4 is 17.5 Å². The Hall–Kier alpha value is -2.57. The second kappa shape index (κ2) is 6.90. The first-order valence-electron chi connectivity index (χ1n) is 7.87. The maximum Gasteiger partial charge on any atom is 0.274 e. The van der Waals surface area contributed by atoms with Crippen molar-refractivity contribution in [3.05, 3.63) is 47.8 Å². The Labute approximate surface area is 138 Å². The van der Waals surface area contributed by atoms with Crippen LogP contribution in [0.5, 0.6) is 0 Å². The molecule has 1 amide bonds. The van der Waals surface area contributed by atoms with E-state index in [2.05, 4.69) is 22.2 Å². The Kier molecular flexibility index (Phi) is 4.69. The molecular formula is C17H18F2N4O. The summed E-state index contributed by atoms with van der Waals surface area (Å²) in [5.41, 5.74) is 0.0510. The van der Waals surface area contributed by atoms with E-state index in [9.17, 15) is 13.6 Å². The fourth-order valence-electron chi connectivity index (χ4n) is 2.78. The minimum atomic E-state index is -0.831. The Morgan fingerprint density at radius 1 is 1.33 bits per heavy atom. The van der Waals surface area contributed by atoms with E-state index in [0.717, 1.165) is 31.6 Å². The first-order chi connectivity index (χ1) is 11.5. The number of halogens is 2. The number of nitrogens with zero attached hydrogens (tertiary/aromatic N) is 3. The van der Waals surface area contributed by atoms with Crippen LogP contribution in [0.3, 0.4) is 0 Å². The summed E-state index contributed by atoms with van der Waals surface area (Å²) in [6.45, 7) is 3.86. The molecule has 1 unspecified atom stereocenters. The first-order valence-corrected chi connectivity index (χ1v) is 7.87. The summed E-state index contributed by atoms with van der Waals surface area (Å²) in [6.07, 6.45) is 3.74. The summed E-state index contributed by atoms with van der Waals surface area (Å²) in [4.78, 5) is 22.8. The van der Waals surface area contributed by atoms with Gasteiger partial charge in [-0.3, -0.25) is 4.79 Å². The minimum Gasteiger partial charge on any atom is -0.341 e. The van der Waals surface area contributed by atoms with Gasteiger partial charge in [-0.25, -0.2) is 18.7 Å². The third-order valence-electron chi connectivity index (χ3n) is 3.99. The van der Waals surface area contributed by atoms with Gasteiger partial charge in [0.05, 0.1) is 5.69 Å². The maximum absolute atomic E-state index is 13.6. The maximum atomic E-state index is 13.6. The van der Waals surface area contributed by atoms with Gasteiger partial charge in [-0.2, -0.15) is 0 Å². The summed E-state index contributed by atoms with van der Waals surface area (Å²) in [6, 6.07) is 4.44. The summed E-state index contributed by atoms with van der Waals surface area (Å²) in [5, 5.41) is 2.40. The third-order valence-corrected chi connectivity index (χ3v) is 3.99. The number of hydrogen-bond acceptors (Lipinski definition) is 4. The lowest BCUT2D eigenvalue weighted by Crippen LogP contribution is -2.35. The van der Waals surface area contributed by atoms with Gasteiger partial charge in [0, 0.05) is 25.4 Å². The molecule has 1 aliphatic rings. The lowest BCUT2D eigenvalue weighted by Gasteiger charge is -2.30. The van der Waals surface area contributed by atoms with Crippen LogP contribution in [0.4, 0.5) is 20.4 Å². The van der Waals surface area contributed by atoms with Crippen LogP contribution in [0.15, 0.2) is 30.5 Å². The monoisotopic (exact) mass is 332 g/mol. The van der Waals surface area contributed by atoms with Gasteiger partial charge in [-0.05, 0) is 37.0 Å². The van der Waals surface area contributed by atoms with E-state index < -0.39 is 17.5 Å². The SMILES string of the molecule is CC1CCCN(c2nccc(C(=O)Nc3ccc(F)cc3F)n2)C1. The van der Waals surface area contributed by atoms with E-state index in [1.165, 1.54) is 24.8 Å². The van der Waals surface area contributed by atoms with Crippen LogP contribution in [0.25, 0.3) is 0 Å². The van der Waals surface area contributed by atoms with Gasteiger partial charge in [-0.1, -0.05) is 6.92 Å². The molecule has 0 aliphatic carbocycles. The van der Waals surface area contributed by atoms with Gasteiger partial charge in [-0.15, -0.1) is 0 Å². The summed E-state index contributed by atoms with van der Waals surface area (Å²) < 4.78 is 26.6. The number of hydrogen-bond donors (Lipinski definition) is 1. The molecule has 0 saturated carbocycles. The van der Waals surface area contributed by atoms with Crippen molar-refractivity contribution in [3.63, 3.8) is 0 Å². The van der Waals surface area contributed by atoms with Crippen LogP contribution in [0.1, 0.15) is 30.3 Å². The number of amides is 1. The molecule has 1 fully saturated rings. The standard InChI is InChI=1S/C17H18F2N4O/c1-11-3-2-8-23(10-11)17-20-7-6-15(22-17)16(24)21-14-5-4-12(18)9-13(14)19/h4-7,9,11H,2-3,8,10H2,1H3,(H,21,24). The molecule has 0 bridgehead atoms. The normalized spacial score (nSPS) is 17.6. The van der Waals surface area contributed by atoms with E-state index in [1.54, 1.807) is 0 Å². The molecule has 126 valence electrons. The molecule has 0 radical (unpaired) electrons. The second-order valence-corrected chi connectivity index (χ2v) is 6.01. The van der Waals surface area contributed by atoms with Crippen molar-refractivity contribution in [1.29, 1.82) is 0 Å². The molecule has 2 heterocycles. The number of nitrogens with one attached hydrogen (secondary N) is 1. The summed E-state index contributed by atoms with van der Waals surface area (Å²) in [7, 11) is 0. The summed E-state index contributed by atoms with van der Waals surface area (Å²) >= 11 is 0. The van der Waals surface area contributed by atoms with Crippen molar-refractivity contribution < 1.29 is 13.6 Å². The zero-order valence-electron chi connectivity index (χ0n) is 13.3. The van der Waals surface area contributed by atoms with Crippen molar-refractivity contribution in [1.82, 2.24) is 9.97 Å². The van der Waals surface area contributed by atoms with Crippen molar-refractivity contribution in [2.45, 2.75) is 19.8 Å². The molecule has 5 nitrogen and oxygen atoms in total. The fourth-order valence-corrected chi connectivity index (χ4v) is 2.78. The number of anilines is 2. The van der Waals surface area contributed by atoms with Crippen LogP contribution < -0.4 is 10.2 Å². The highest BCUT2D eigenvalue weighted by atomic mass is 19.1. The predicted molar refractivity (Wildman–Crippen MR) is 87.0 cm³/mol. The van der Waals surface area contributed by atoms with Crippen LogP contribution in [0, 0.1) is 17.6 Å². The van der Waals surface area contributed by atoms with Gasteiger partial charge in [0.15, 0.2) is 0 Å². The number of rotatable bonds is 3. The molecule has 1 N–H and O–H groups in total. The van der Waals surface area contributed by atoms with E-state index in [1.807, 2.05) is 4.90 Å². The van der Waals surface area contributed by atoms with E-state index in [4.69, 9.17) is 0 Å². The average Bonchev–Trinajstić information content (AvgIpc) is 2.57. The van der Waals surface area contributed by atoms with Crippen molar-refractivity contribution in [2.24, 2.45) is 5.92 Å². The zero-order chi connectivity index (χ0) is 17.1. The smallest absolute Gasteiger partial charge is 0.274 e. The van der Waals surface area contributed by atoms with E-state index >= 15 is 0 Å². The quantitative estimate of drug-likeness (QED) is 0.937. The van der Waals surface area contributed by atoms with Crippen LogP contribution in [-0.4, -0.2) is 29.0 Å². The van der Waals surface area contributed by atoms with Crippen LogP contribution >= 0.6 is 0 Å². The molecule has 7 heteroatoms. The second-order valence-electron chi connectivity index (χ2n) is 6.01. The van der Waals surface area contributed by atoms with E-state index in [0.29, 0.717) is 11.9 Å². The third kappa shape index (κ3) is 3.67. The van der Waals surface area contributed by atoms with Gasteiger partial charge in [0.1, 0.15) is 17.3 Å². The number of piperidine rings is 1. The van der Waals surface area contributed by atoms with Crippen LogP contribution in [0.2, 0.25) is 0 Å². The minimum absolute atomic E-state index is 0.0897. The molecule has 2 aromatic rings. The topological polar surface area (TPSA) is 58.1 Å². The zero-order valence-corrected chi connectivity index (χ0v) is 13.3. The van der Waals surface area contributed by atoms with Gasteiger partial charge < -0.3 is 10.2 Å². The van der Waals surface area contributed by atoms with Gasteiger partial charge >= 0.3 is 0 Å². The number of carbonyl (C=O) groups excluding carboxylic acids is 1. The molecule has 1 aromatic heterocycles. The Morgan fingerprint density at radius 3 is 2.92 bits per heavy atom. The number of aromatic nitrogens is 2. The predicted octanol–water partition coefficient (Wildman–Crippen LogP) is 3.24. The van der Waals surface area contributed by atoms with Crippen molar-refractivity contribution in [2.75, 3.05) is 23.3 Å². The summed E-state index contributed by atoms with van der Waals surface area (Å²) in [5.74, 6) is -1.05. The van der Waals surface area contributed by atoms with Gasteiger partial charge in [0.2, 0.25) is 5.95 Å². The Balaban J connectivity index is 1.76. The first kappa shape index (κ1) is 16.3. The fraction of sp³-hybridized carbons (Fsp3) is 0.353. The Bertz CT molecular complexity index is 753. The highest BCUT2D eigenvalue weighted by Gasteiger charge is 2.20. The largest absolute Gasteiger partial charge is 0.341 e. The molecule has 24 heavy (non-hydrogen) atoms. The molecular weight excluding hydrogens is 314 g/mol. The van der Waals surface area contributed by atoms with Gasteiger partial charge in [0.25, 0.3) is 5.91 Å². The lowest BCUT2D eigenvalue weighted by molar-refractivity contribution is 0.102. The molecule has 1 saturated heterocycles. The van der Waals surface area contributed by atoms with E-state index in [-0.39, 0.29) is 11.4 Å². The Morgan fingerprint density at radius 2 is 2.17 bits per heavy atom. The van der Waals surface area contributed by atoms with Crippen molar-refractivity contribution in [3.8, 4) is 0 Å². The molecule has 1 aliphatic heterocycles. The lowest BCUT2D eigenvalue weighted by atomic mass is 10.0. The molecule has 1 aromatic carbocycles. The highest BCUT2D eigenvalue weighted by Crippen LogP contribution is 2.20. The highest BCUT2D eigenvalue weighted by molar-refractivity contribution is 6.03. The molecule has 0 spiro atoms. The number of benzene rings is 1. The molecule has 3 rings (SSSR count). The van der Waals surface area contributed by atoms with Crippen LogP contribution in [-0.2, 0) is 0 Å².